The molecule has 0 aliphatic carbocycles. The van der Waals surface area contributed by atoms with Crippen LogP contribution in [0.4, 0.5) is 19.3 Å². The van der Waals surface area contributed by atoms with E-state index in [1.807, 2.05) is 0 Å². The zero-order chi connectivity index (χ0) is 16.2. The third-order valence-electron chi connectivity index (χ3n) is 2.75. The fourth-order valence-electron chi connectivity index (χ4n) is 1.70. The van der Waals surface area contributed by atoms with Crippen LogP contribution in [-0.4, -0.2) is 46.3 Å². The predicted octanol–water partition coefficient (Wildman–Crippen LogP) is 1.90. The molecule has 0 aliphatic rings. The molecule has 2 amide bonds. The molecule has 8 heteroatoms. The average Bonchev–Trinajstić information content (AvgIpc) is 2.38. The van der Waals surface area contributed by atoms with Crippen molar-refractivity contribution in [3.63, 3.8) is 0 Å². The fourth-order valence-corrected chi connectivity index (χ4v) is 1.70. The number of hydrogen-bond acceptors (Lipinski definition) is 3. The summed E-state index contributed by atoms with van der Waals surface area (Å²) in [7, 11) is 0. The van der Waals surface area contributed by atoms with E-state index in [0.717, 1.165) is 0 Å². The minimum atomic E-state index is -1.57. The van der Waals surface area contributed by atoms with Gasteiger partial charge in [0, 0.05) is 18.7 Å². The molecule has 0 bridgehead atoms. The first-order chi connectivity index (χ1) is 9.77. The van der Waals surface area contributed by atoms with Crippen molar-refractivity contribution in [2.75, 3.05) is 18.5 Å². The molecule has 116 valence electrons. The molecule has 0 aliphatic heterocycles. The van der Waals surface area contributed by atoms with Gasteiger partial charge >= 0.3 is 12.0 Å². The number of urea groups is 1. The number of aliphatic hydroxyl groups excluding tert-OH is 1. The molecule has 0 saturated heterocycles. The first kappa shape index (κ1) is 16.8. The number of rotatable bonds is 5. The van der Waals surface area contributed by atoms with Gasteiger partial charge in [-0.05, 0) is 19.9 Å². The van der Waals surface area contributed by atoms with Crippen molar-refractivity contribution in [1.82, 2.24) is 4.90 Å². The molecule has 6 nitrogen and oxygen atoms in total. The summed E-state index contributed by atoms with van der Waals surface area (Å²) in [5.41, 5.74) is -1.19. The summed E-state index contributed by atoms with van der Waals surface area (Å²) in [6.07, 6.45) is 0. The smallest absolute Gasteiger partial charge is 0.338 e. The minimum absolute atomic E-state index is 0.0259. The van der Waals surface area contributed by atoms with Gasteiger partial charge in [-0.3, -0.25) is 0 Å². The zero-order valence-corrected chi connectivity index (χ0v) is 11.6. The Morgan fingerprint density at radius 1 is 1.29 bits per heavy atom. The van der Waals surface area contributed by atoms with Crippen LogP contribution in [0, 0.1) is 11.6 Å². The molecule has 1 aromatic carbocycles. The van der Waals surface area contributed by atoms with E-state index >= 15 is 0 Å². The second-order valence-electron chi connectivity index (χ2n) is 4.56. The van der Waals surface area contributed by atoms with E-state index in [2.05, 4.69) is 5.32 Å². The topological polar surface area (TPSA) is 89.9 Å². The van der Waals surface area contributed by atoms with Crippen LogP contribution in [0.1, 0.15) is 24.2 Å². The Morgan fingerprint density at radius 3 is 2.38 bits per heavy atom. The standard InChI is InChI=1S/C13H16F2N2O4/c1-7(2)17(3-4-18)13(21)16-11-5-8(12(19)20)9(14)6-10(11)15/h5-7,18H,3-4H2,1-2H3,(H,16,21)(H,19,20). The van der Waals surface area contributed by atoms with Crippen molar-refractivity contribution in [3.8, 4) is 0 Å². The minimum Gasteiger partial charge on any atom is -0.478 e. The zero-order valence-electron chi connectivity index (χ0n) is 11.6. The molecule has 0 saturated carbocycles. The van der Waals surface area contributed by atoms with Crippen molar-refractivity contribution in [2.45, 2.75) is 19.9 Å². The SMILES string of the molecule is CC(C)N(CCO)C(=O)Nc1cc(C(=O)O)c(F)cc1F. The van der Waals surface area contributed by atoms with Crippen molar-refractivity contribution in [2.24, 2.45) is 0 Å². The van der Waals surface area contributed by atoms with Crippen molar-refractivity contribution < 1.29 is 28.6 Å². The van der Waals surface area contributed by atoms with E-state index < -0.39 is 34.9 Å². The van der Waals surface area contributed by atoms with Gasteiger partial charge in [0.05, 0.1) is 17.9 Å². The van der Waals surface area contributed by atoms with Crippen LogP contribution < -0.4 is 5.32 Å². The number of carbonyl (C=O) groups is 2. The lowest BCUT2D eigenvalue weighted by Gasteiger charge is -2.26. The molecule has 1 aromatic rings. The van der Waals surface area contributed by atoms with Crippen molar-refractivity contribution in [3.05, 3.63) is 29.3 Å². The van der Waals surface area contributed by atoms with E-state index in [9.17, 15) is 18.4 Å². The van der Waals surface area contributed by atoms with Gasteiger partial charge in [0.25, 0.3) is 0 Å². The van der Waals surface area contributed by atoms with E-state index in [1.54, 1.807) is 13.8 Å². The Kier molecular flexibility index (Phi) is 5.60. The number of anilines is 1. The number of halogens is 2. The van der Waals surface area contributed by atoms with Gasteiger partial charge in [0.1, 0.15) is 11.6 Å². The van der Waals surface area contributed by atoms with Gasteiger partial charge in [0.15, 0.2) is 0 Å². The number of nitrogens with zero attached hydrogens (tertiary/aromatic N) is 1. The Morgan fingerprint density at radius 2 is 1.90 bits per heavy atom. The molecule has 0 spiro atoms. The molecule has 0 atom stereocenters. The Hall–Kier alpha value is -2.22. The molecule has 0 fully saturated rings. The van der Waals surface area contributed by atoms with Crippen LogP contribution in [-0.2, 0) is 0 Å². The van der Waals surface area contributed by atoms with Crippen LogP contribution in [0.2, 0.25) is 0 Å². The first-order valence-electron chi connectivity index (χ1n) is 6.18. The third-order valence-corrected chi connectivity index (χ3v) is 2.75. The maximum absolute atomic E-state index is 13.6. The van der Waals surface area contributed by atoms with Gasteiger partial charge in [-0.25, -0.2) is 18.4 Å². The van der Waals surface area contributed by atoms with Gasteiger partial charge in [-0.2, -0.15) is 0 Å². The molecule has 1 rings (SSSR count). The second kappa shape index (κ2) is 6.98. The lowest BCUT2D eigenvalue weighted by atomic mass is 10.2. The van der Waals surface area contributed by atoms with E-state index in [-0.39, 0.29) is 19.2 Å². The first-order valence-corrected chi connectivity index (χ1v) is 6.18. The van der Waals surface area contributed by atoms with Crippen molar-refractivity contribution >= 4 is 17.7 Å². The summed E-state index contributed by atoms with van der Waals surface area (Å²) in [6, 6.07) is 0.119. The largest absolute Gasteiger partial charge is 0.478 e. The number of nitrogens with one attached hydrogen (secondary N) is 1. The maximum atomic E-state index is 13.6. The predicted molar refractivity (Wildman–Crippen MR) is 71.3 cm³/mol. The second-order valence-corrected chi connectivity index (χ2v) is 4.56. The fraction of sp³-hybridized carbons (Fsp3) is 0.385. The van der Waals surface area contributed by atoms with E-state index in [4.69, 9.17) is 10.2 Å². The molecular formula is C13H16F2N2O4. The lowest BCUT2D eigenvalue weighted by Crippen LogP contribution is -2.42. The summed E-state index contributed by atoms with van der Waals surface area (Å²) in [4.78, 5) is 24.0. The van der Waals surface area contributed by atoms with Crippen molar-refractivity contribution in [1.29, 1.82) is 0 Å². The Bertz CT molecular complexity index is 549. The number of benzene rings is 1. The molecular weight excluding hydrogens is 286 g/mol. The summed E-state index contributed by atoms with van der Waals surface area (Å²) in [6.45, 7) is 3.13. The highest BCUT2D eigenvalue weighted by molar-refractivity contribution is 5.93. The summed E-state index contributed by atoms with van der Waals surface area (Å²) < 4.78 is 26.8. The van der Waals surface area contributed by atoms with Gasteiger partial charge in [-0.15, -0.1) is 0 Å². The summed E-state index contributed by atoms with van der Waals surface area (Å²) in [5, 5.41) is 19.8. The normalized spacial score (nSPS) is 10.6. The van der Waals surface area contributed by atoms with Crippen LogP contribution in [0.15, 0.2) is 12.1 Å². The summed E-state index contributed by atoms with van der Waals surface area (Å²) in [5.74, 6) is -3.88. The number of carboxylic acid groups (broad SMARTS) is 1. The van der Waals surface area contributed by atoms with E-state index in [1.165, 1.54) is 4.90 Å². The molecule has 0 heterocycles. The number of carboxylic acids is 1. The molecule has 3 N–H and O–H groups in total. The highest BCUT2D eigenvalue weighted by atomic mass is 19.1. The monoisotopic (exact) mass is 302 g/mol. The quantitative estimate of drug-likeness (QED) is 0.775. The Balaban J connectivity index is 3.04. The van der Waals surface area contributed by atoms with Crippen LogP contribution in [0.5, 0.6) is 0 Å². The molecule has 21 heavy (non-hydrogen) atoms. The Labute approximate surface area is 120 Å². The highest BCUT2D eigenvalue weighted by Gasteiger charge is 2.20. The number of aliphatic hydroxyl groups is 1. The van der Waals surface area contributed by atoms with Gasteiger partial charge in [-0.1, -0.05) is 0 Å². The van der Waals surface area contributed by atoms with Crippen LogP contribution in [0.3, 0.4) is 0 Å². The molecule has 0 radical (unpaired) electrons. The average molecular weight is 302 g/mol. The number of hydrogen-bond donors (Lipinski definition) is 3. The lowest BCUT2D eigenvalue weighted by molar-refractivity contribution is 0.0691. The number of carbonyl (C=O) groups excluding carboxylic acids is 1. The van der Waals surface area contributed by atoms with Crippen LogP contribution >= 0.6 is 0 Å². The van der Waals surface area contributed by atoms with Crippen LogP contribution in [0.25, 0.3) is 0 Å². The third kappa shape index (κ3) is 4.12. The highest BCUT2D eigenvalue weighted by Crippen LogP contribution is 2.20. The molecule has 0 unspecified atom stereocenters. The number of aromatic carboxylic acids is 1. The molecule has 0 aromatic heterocycles. The van der Waals surface area contributed by atoms with E-state index in [0.29, 0.717) is 12.1 Å². The van der Waals surface area contributed by atoms with Gasteiger partial charge < -0.3 is 20.4 Å². The summed E-state index contributed by atoms with van der Waals surface area (Å²) >= 11 is 0. The maximum Gasteiger partial charge on any atom is 0.338 e. The van der Waals surface area contributed by atoms with Gasteiger partial charge in [0.2, 0.25) is 0 Å². The number of amides is 2.